The molecule has 1 saturated heterocycles. The van der Waals surface area contributed by atoms with Gasteiger partial charge < -0.3 is 9.84 Å². The van der Waals surface area contributed by atoms with Crippen molar-refractivity contribution in [1.29, 1.82) is 0 Å². The van der Waals surface area contributed by atoms with Crippen LogP contribution in [0.4, 0.5) is 0 Å². The van der Waals surface area contributed by atoms with E-state index in [1.54, 1.807) is 0 Å². The first kappa shape index (κ1) is 16.9. The Labute approximate surface area is 134 Å². The summed E-state index contributed by atoms with van der Waals surface area (Å²) in [6.07, 6.45) is 2.59. The van der Waals surface area contributed by atoms with Gasteiger partial charge in [-0.2, -0.15) is 0 Å². The van der Waals surface area contributed by atoms with Gasteiger partial charge in [0.05, 0.1) is 6.54 Å². The first-order valence-electron chi connectivity index (χ1n) is 8.23. The average Bonchev–Trinajstić information content (AvgIpc) is 2.93. The zero-order valence-electron chi connectivity index (χ0n) is 13.7. The maximum Gasteiger partial charge on any atom is 0.119 e. The molecule has 0 aromatic heterocycles. The molecule has 2 atom stereocenters. The summed E-state index contributed by atoms with van der Waals surface area (Å²) in [5.41, 5.74) is 0. The number of ether oxygens (including phenoxy) is 1. The van der Waals surface area contributed by atoms with Crippen molar-refractivity contribution in [2.45, 2.75) is 45.3 Å². The smallest absolute Gasteiger partial charge is 0.119 e. The first-order chi connectivity index (χ1) is 10.6. The lowest BCUT2D eigenvalue weighted by atomic mass is 10.1. The molecule has 1 heterocycles. The van der Waals surface area contributed by atoms with Crippen LogP contribution in [0.25, 0.3) is 0 Å². The fourth-order valence-electron chi connectivity index (χ4n) is 2.77. The molecule has 2 rings (SSSR count). The van der Waals surface area contributed by atoms with E-state index in [1.807, 2.05) is 30.3 Å². The van der Waals surface area contributed by atoms with Crippen LogP contribution in [0.1, 0.15) is 33.1 Å². The third-order valence-electron chi connectivity index (χ3n) is 3.93. The largest absolute Gasteiger partial charge is 0.492 e. The standard InChI is InChI=1S/C19H27NO2/c1-16(2)14-18(21)9-7-13-20-12-6-8-17(20)15-22-19-10-4-3-5-11-19/h3-5,10-11,16-18,21H,6,8,12-15H2,1-2H3/t17-,18?/m0/s1. The third-order valence-corrected chi connectivity index (χ3v) is 3.93. The summed E-state index contributed by atoms with van der Waals surface area (Å²) in [4.78, 5) is 2.36. The molecule has 1 aliphatic rings. The number of likely N-dealkylation sites (tertiary alicyclic amines) is 1. The molecule has 1 aromatic rings. The summed E-state index contributed by atoms with van der Waals surface area (Å²) < 4.78 is 5.86. The van der Waals surface area contributed by atoms with Gasteiger partial charge in [0.15, 0.2) is 0 Å². The molecule has 120 valence electrons. The number of aliphatic hydroxyl groups excluding tert-OH is 1. The summed E-state index contributed by atoms with van der Waals surface area (Å²) >= 11 is 0. The highest BCUT2D eigenvalue weighted by atomic mass is 16.5. The highest BCUT2D eigenvalue weighted by Crippen LogP contribution is 2.18. The van der Waals surface area contributed by atoms with Gasteiger partial charge in [-0.05, 0) is 43.9 Å². The molecule has 1 N–H and O–H groups in total. The van der Waals surface area contributed by atoms with Crippen LogP contribution < -0.4 is 4.74 Å². The Kier molecular flexibility index (Phi) is 6.76. The van der Waals surface area contributed by atoms with E-state index in [2.05, 4.69) is 30.6 Å². The van der Waals surface area contributed by atoms with Crippen LogP contribution in [0.2, 0.25) is 0 Å². The van der Waals surface area contributed by atoms with Crippen molar-refractivity contribution in [2.75, 3.05) is 19.7 Å². The maximum absolute atomic E-state index is 9.79. The van der Waals surface area contributed by atoms with Crippen molar-refractivity contribution < 1.29 is 9.84 Å². The molecule has 3 heteroatoms. The van der Waals surface area contributed by atoms with Crippen molar-refractivity contribution in [3.63, 3.8) is 0 Å². The Morgan fingerprint density at radius 3 is 2.82 bits per heavy atom. The van der Waals surface area contributed by atoms with Crippen LogP contribution in [0.15, 0.2) is 30.3 Å². The van der Waals surface area contributed by atoms with Crippen molar-refractivity contribution >= 4 is 0 Å². The summed E-state index contributed by atoms with van der Waals surface area (Å²) in [6, 6.07) is 10.4. The van der Waals surface area contributed by atoms with Crippen LogP contribution in [-0.2, 0) is 0 Å². The molecule has 0 amide bonds. The number of rotatable bonds is 6. The van der Waals surface area contributed by atoms with Gasteiger partial charge in [0.1, 0.15) is 18.5 Å². The number of hydrogen-bond donors (Lipinski definition) is 1. The van der Waals surface area contributed by atoms with Crippen LogP contribution in [-0.4, -0.2) is 41.8 Å². The van der Waals surface area contributed by atoms with Crippen LogP contribution in [0.3, 0.4) is 0 Å². The second-order valence-electron chi connectivity index (χ2n) is 6.36. The molecular formula is C19H27NO2. The monoisotopic (exact) mass is 301 g/mol. The van der Waals surface area contributed by atoms with E-state index in [1.165, 1.54) is 6.42 Å². The van der Waals surface area contributed by atoms with Gasteiger partial charge in [-0.15, -0.1) is 0 Å². The Balaban J connectivity index is 1.77. The lowest BCUT2D eigenvalue weighted by Gasteiger charge is -2.22. The molecule has 0 bridgehead atoms. The quantitative estimate of drug-likeness (QED) is 0.820. The minimum Gasteiger partial charge on any atom is -0.492 e. The second kappa shape index (κ2) is 8.82. The van der Waals surface area contributed by atoms with Crippen LogP contribution in [0, 0.1) is 17.8 Å². The number of benzene rings is 1. The molecule has 3 nitrogen and oxygen atoms in total. The molecule has 0 spiro atoms. The predicted molar refractivity (Wildman–Crippen MR) is 89.8 cm³/mol. The lowest BCUT2D eigenvalue weighted by Crippen LogP contribution is -2.34. The zero-order chi connectivity index (χ0) is 15.8. The molecule has 0 aliphatic carbocycles. The van der Waals surface area contributed by atoms with Crippen molar-refractivity contribution in [1.82, 2.24) is 4.90 Å². The van der Waals surface area contributed by atoms with E-state index in [9.17, 15) is 5.11 Å². The number of nitrogens with zero attached hydrogens (tertiary/aromatic N) is 1. The van der Waals surface area contributed by atoms with Crippen molar-refractivity contribution in [3.8, 4) is 17.6 Å². The molecule has 1 unspecified atom stereocenters. The summed E-state index contributed by atoms with van der Waals surface area (Å²) in [6.45, 7) is 6.70. The lowest BCUT2D eigenvalue weighted by molar-refractivity contribution is 0.186. The van der Waals surface area contributed by atoms with Crippen molar-refractivity contribution in [3.05, 3.63) is 30.3 Å². The summed E-state index contributed by atoms with van der Waals surface area (Å²) in [5, 5.41) is 9.79. The normalized spacial score (nSPS) is 19.7. The third kappa shape index (κ3) is 5.71. The molecular weight excluding hydrogens is 274 g/mol. The Morgan fingerprint density at radius 1 is 1.32 bits per heavy atom. The van der Waals surface area contributed by atoms with E-state index < -0.39 is 6.10 Å². The maximum atomic E-state index is 9.79. The van der Waals surface area contributed by atoms with Gasteiger partial charge in [0.25, 0.3) is 0 Å². The first-order valence-corrected chi connectivity index (χ1v) is 8.23. The zero-order valence-corrected chi connectivity index (χ0v) is 13.7. The highest BCUT2D eigenvalue weighted by molar-refractivity contribution is 5.21. The molecule has 22 heavy (non-hydrogen) atoms. The van der Waals surface area contributed by atoms with Gasteiger partial charge in [-0.25, -0.2) is 0 Å². The minimum absolute atomic E-state index is 0.428. The van der Waals surface area contributed by atoms with E-state index in [0.717, 1.165) is 31.7 Å². The van der Waals surface area contributed by atoms with Gasteiger partial charge in [0.2, 0.25) is 0 Å². The number of para-hydroxylation sites is 1. The van der Waals surface area contributed by atoms with Crippen molar-refractivity contribution in [2.24, 2.45) is 5.92 Å². The Bertz CT molecular complexity index is 489. The molecule has 1 aliphatic heterocycles. The van der Waals surface area contributed by atoms with E-state index in [-0.39, 0.29) is 0 Å². The predicted octanol–water partition coefficient (Wildman–Crippen LogP) is 2.94. The summed E-state index contributed by atoms with van der Waals surface area (Å²) in [5.74, 6) is 7.49. The van der Waals surface area contributed by atoms with Gasteiger partial charge in [-0.3, -0.25) is 4.90 Å². The van der Waals surface area contributed by atoms with Gasteiger partial charge >= 0.3 is 0 Å². The van der Waals surface area contributed by atoms with Gasteiger partial charge in [-0.1, -0.05) is 43.9 Å². The second-order valence-corrected chi connectivity index (χ2v) is 6.36. The van der Waals surface area contributed by atoms with Crippen LogP contribution in [0.5, 0.6) is 5.75 Å². The molecule has 0 radical (unpaired) electrons. The molecule has 1 aromatic carbocycles. The minimum atomic E-state index is -0.498. The molecule has 1 fully saturated rings. The Morgan fingerprint density at radius 2 is 2.09 bits per heavy atom. The fraction of sp³-hybridized carbons (Fsp3) is 0.579. The van der Waals surface area contributed by atoms with Gasteiger partial charge in [0, 0.05) is 6.04 Å². The average molecular weight is 301 g/mol. The highest BCUT2D eigenvalue weighted by Gasteiger charge is 2.24. The van der Waals surface area contributed by atoms with E-state index >= 15 is 0 Å². The van der Waals surface area contributed by atoms with E-state index in [0.29, 0.717) is 18.6 Å². The number of hydrogen-bond acceptors (Lipinski definition) is 3. The SMILES string of the molecule is CC(C)CC(O)C#CCN1CCC[C@H]1COc1ccccc1. The summed E-state index contributed by atoms with van der Waals surface area (Å²) in [7, 11) is 0. The Hall–Kier alpha value is -1.50. The number of aliphatic hydroxyl groups is 1. The molecule has 0 saturated carbocycles. The van der Waals surface area contributed by atoms with E-state index in [4.69, 9.17) is 4.74 Å². The topological polar surface area (TPSA) is 32.7 Å². The van der Waals surface area contributed by atoms with Crippen LogP contribution >= 0.6 is 0 Å². The fourth-order valence-corrected chi connectivity index (χ4v) is 2.77.